The molecule has 2 N–H and O–H groups in total. The Hall–Kier alpha value is -2.39. The van der Waals surface area contributed by atoms with Gasteiger partial charge in [-0.2, -0.15) is 5.26 Å². The number of hydrogen-bond donors (Lipinski definition) is 2. The Morgan fingerprint density at radius 2 is 2.22 bits per heavy atom. The molecule has 0 aromatic carbocycles. The van der Waals surface area contributed by atoms with E-state index >= 15 is 0 Å². The van der Waals surface area contributed by atoms with Crippen LogP contribution in [-0.2, 0) is 0 Å². The van der Waals surface area contributed by atoms with Crippen molar-refractivity contribution < 1.29 is 0 Å². The quantitative estimate of drug-likeness (QED) is 0.907. The van der Waals surface area contributed by atoms with Crippen molar-refractivity contribution in [2.75, 3.05) is 6.54 Å². The molecular weight excluding hydrogens is 288 g/mol. The predicted molar refractivity (Wildman–Crippen MR) is 87.7 cm³/mol. The number of aromatic nitrogens is 3. The molecule has 6 nitrogen and oxygen atoms in total. The van der Waals surface area contributed by atoms with Crippen LogP contribution in [-0.4, -0.2) is 32.5 Å². The molecule has 0 amide bonds. The van der Waals surface area contributed by atoms with Crippen molar-refractivity contribution in [3.8, 4) is 6.07 Å². The Morgan fingerprint density at radius 3 is 3.04 bits per heavy atom. The van der Waals surface area contributed by atoms with E-state index in [1.165, 1.54) is 25.7 Å². The first-order chi connectivity index (χ1) is 11.4. The fourth-order valence-electron chi connectivity index (χ4n) is 3.85. The summed E-state index contributed by atoms with van der Waals surface area (Å²) in [6.45, 7) is 0.742. The second-order valence-corrected chi connectivity index (χ2v) is 6.33. The Bertz CT molecular complexity index is 765. The normalized spacial score (nSPS) is 20.0. The van der Waals surface area contributed by atoms with Crippen molar-refractivity contribution in [3.63, 3.8) is 0 Å². The number of fused-ring (bicyclic) bond motifs is 1. The van der Waals surface area contributed by atoms with E-state index in [2.05, 4.69) is 37.7 Å². The minimum absolute atomic E-state index is 0.253. The van der Waals surface area contributed by atoms with E-state index < -0.39 is 0 Å². The van der Waals surface area contributed by atoms with Crippen LogP contribution in [0.25, 0.3) is 16.6 Å². The molecule has 3 heterocycles. The van der Waals surface area contributed by atoms with Gasteiger partial charge in [-0.3, -0.25) is 0 Å². The molecule has 2 aliphatic rings. The van der Waals surface area contributed by atoms with Gasteiger partial charge < -0.3 is 9.99 Å². The van der Waals surface area contributed by atoms with Gasteiger partial charge in [0.25, 0.3) is 0 Å². The monoisotopic (exact) mass is 308 g/mol. The molecule has 1 aliphatic carbocycles. The lowest BCUT2D eigenvalue weighted by Gasteiger charge is -2.30. The first kappa shape index (κ1) is 14.2. The van der Waals surface area contributed by atoms with Crippen LogP contribution in [0, 0.1) is 17.2 Å². The molecule has 2 aromatic rings. The number of rotatable bonds is 4. The molecule has 1 saturated carbocycles. The van der Waals surface area contributed by atoms with Crippen LogP contribution < -0.4 is 5.43 Å². The van der Waals surface area contributed by atoms with Crippen molar-refractivity contribution in [1.82, 2.24) is 25.4 Å². The summed E-state index contributed by atoms with van der Waals surface area (Å²) in [6, 6.07) is 4.63. The summed E-state index contributed by atoms with van der Waals surface area (Å²) in [5.74, 6) is 0.607. The Morgan fingerprint density at radius 1 is 1.35 bits per heavy atom. The van der Waals surface area contributed by atoms with E-state index in [-0.39, 0.29) is 6.04 Å². The molecule has 1 aliphatic heterocycles. The van der Waals surface area contributed by atoms with Crippen molar-refractivity contribution >= 4 is 16.6 Å². The van der Waals surface area contributed by atoms with Gasteiger partial charge in [-0.15, -0.1) is 0 Å². The SMILES string of the molecule is N#CCC(C1CCCC1)N1C=C(c2ncnc3[nH]ccc23)CN1. The molecular formula is C17H20N6. The van der Waals surface area contributed by atoms with Crippen LogP contribution in [0.3, 0.4) is 0 Å². The molecule has 4 rings (SSSR count). The first-order valence-corrected chi connectivity index (χ1v) is 8.25. The molecule has 1 unspecified atom stereocenters. The Labute approximate surface area is 135 Å². The molecule has 0 saturated heterocycles. The van der Waals surface area contributed by atoms with Gasteiger partial charge in [0.1, 0.15) is 12.0 Å². The molecule has 6 heteroatoms. The standard InChI is InChI=1S/C17H20N6/c18-7-5-15(12-3-1-2-4-12)23-10-13(9-22-23)16-14-6-8-19-17(14)21-11-20-16/h6,8,10-12,15,22H,1-5,9H2,(H,19,20,21). The lowest BCUT2D eigenvalue weighted by atomic mass is 9.95. The lowest BCUT2D eigenvalue weighted by Crippen LogP contribution is -2.42. The number of hydrogen-bond acceptors (Lipinski definition) is 5. The van der Waals surface area contributed by atoms with E-state index in [1.807, 2.05) is 12.3 Å². The van der Waals surface area contributed by atoms with E-state index in [9.17, 15) is 5.26 Å². The van der Waals surface area contributed by atoms with Gasteiger partial charge in [-0.05, 0) is 24.8 Å². The summed E-state index contributed by atoms with van der Waals surface area (Å²) in [7, 11) is 0. The molecule has 2 aromatic heterocycles. The molecule has 1 fully saturated rings. The second-order valence-electron chi connectivity index (χ2n) is 6.33. The van der Waals surface area contributed by atoms with Crippen molar-refractivity contribution in [2.24, 2.45) is 5.92 Å². The molecule has 0 spiro atoms. The fraction of sp³-hybridized carbons (Fsp3) is 0.471. The van der Waals surface area contributed by atoms with Crippen LogP contribution in [0.1, 0.15) is 37.8 Å². The van der Waals surface area contributed by atoms with Gasteiger partial charge in [0.05, 0.1) is 24.2 Å². The van der Waals surface area contributed by atoms with E-state index in [0.29, 0.717) is 12.3 Å². The lowest BCUT2D eigenvalue weighted by molar-refractivity contribution is 0.163. The third kappa shape index (κ3) is 2.57. The highest BCUT2D eigenvalue weighted by molar-refractivity contribution is 5.88. The maximum absolute atomic E-state index is 9.20. The topological polar surface area (TPSA) is 80.6 Å². The highest BCUT2D eigenvalue weighted by atomic mass is 15.5. The van der Waals surface area contributed by atoms with Gasteiger partial charge in [-0.25, -0.2) is 15.4 Å². The summed E-state index contributed by atoms with van der Waals surface area (Å²) in [5, 5.41) is 12.4. The number of hydrazine groups is 1. The van der Waals surface area contributed by atoms with Crippen molar-refractivity contribution in [2.45, 2.75) is 38.1 Å². The fourth-order valence-corrected chi connectivity index (χ4v) is 3.85. The number of H-pyrrole nitrogens is 1. The molecule has 23 heavy (non-hydrogen) atoms. The molecule has 1 atom stereocenters. The molecule has 0 radical (unpaired) electrons. The van der Waals surface area contributed by atoms with Crippen molar-refractivity contribution in [3.05, 3.63) is 30.5 Å². The number of nitriles is 1. The van der Waals surface area contributed by atoms with E-state index in [0.717, 1.165) is 28.8 Å². The van der Waals surface area contributed by atoms with E-state index in [4.69, 9.17) is 0 Å². The maximum atomic E-state index is 9.20. The number of aromatic amines is 1. The smallest absolute Gasteiger partial charge is 0.141 e. The zero-order valence-electron chi connectivity index (χ0n) is 13.0. The average molecular weight is 308 g/mol. The van der Waals surface area contributed by atoms with Crippen LogP contribution >= 0.6 is 0 Å². The van der Waals surface area contributed by atoms with Gasteiger partial charge in [0.2, 0.25) is 0 Å². The first-order valence-electron chi connectivity index (χ1n) is 8.25. The van der Waals surface area contributed by atoms with Gasteiger partial charge in [0.15, 0.2) is 0 Å². The number of nitrogens with zero attached hydrogens (tertiary/aromatic N) is 4. The van der Waals surface area contributed by atoms with Crippen molar-refractivity contribution in [1.29, 1.82) is 5.26 Å². The average Bonchev–Trinajstić information content (AvgIpc) is 3.32. The number of nitrogens with one attached hydrogen (secondary N) is 2. The minimum Gasteiger partial charge on any atom is -0.346 e. The highest BCUT2D eigenvalue weighted by Crippen LogP contribution is 2.33. The highest BCUT2D eigenvalue weighted by Gasteiger charge is 2.31. The largest absolute Gasteiger partial charge is 0.346 e. The zero-order valence-corrected chi connectivity index (χ0v) is 13.0. The van der Waals surface area contributed by atoms with Gasteiger partial charge in [-0.1, -0.05) is 12.8 Å². The van der Waals surface area contributed by atoms with Crippen LogP contribution in [0.15, 0.2) is 24.8 Å². The summed E-state index contributed by atoms with van der Waals surface area (Å²) in [4.78, 5) is 11.8. The van der Waals surface area contributed by atoms with Crippen LogP contribution in [0.4, 0.5) is 0 Å². The second kappa shape index (κ2) is 6.01. The summed E-state index contributed by atoms with van der Waals surface area (Å²) in [5.41, 5.74) is 6.42. The predicted octanol–water partition coefficient (Wildman–Crippen LogP) is 2.59. The third-order valence-electron chi connectivity index (χ3n) is 5.01. The summed E-state index contributed by atoms with van der Waals surface area (Å²) >= 11 is 0. The summed E-state index contributed by atoms with van der Waals surface area (Å²) in [6.07, 6.45) is 11.2. The molecule has 0 bridgehead atoms. The summed E-state index contributed by atoms with van der Waals surface area (Å²) < 4.78 is 0. The van der Waals surface area contributed by atoms with Crippen LogP contribution in [0.2, 0.25) is 0 Å². The van der Waals surface area contributed by atoms with Crippen LogP contribution in [0.5, 0.6) is 0 Å². The Kier molecular flexibility index (Phi) is 3.72. The maximum Gasteiger partial charge on any atom is 0.141 e. The van der Waals surface area contributed by atoms with E-state index in [1.54, 1.807) is 6.33 Å². The van der Waals surface area contributed by atoms with Gasteiger partial charge in [0, 0.05) is 29.9 Å². The molecule has 118 valence electrons. The van der Waals surface area contributed by atoms with Gasteiger partial charge >= 0.3 is 0 Å². The Balaban J connectivity index is 1.63. The third-order valence-corrected chi connectivity index (χ3v) is 5.01. The minimum atomic E-state index is 0.253. The zero-order chi connectivity index (χ0) is 15.6.